The highest BCUT2D eigenvalue weighted by Gasteiger charge is 2.51. The summed E-state index contributed by atoms with van der Waals surface area (Å²) >= 11 is 1.40. The van der Waals surface area contributed by atoms with Gasteiger partial charge in [0, 0.05) is 45.8 Å². The van der Waals surface area contributed by atoms with Gasteiger partial charge in [-0.15, -0.1) is 11.8 Å². The van der Waals surface area contributed by atoms with E-state index in [2.05, 4.69) is 119 Å². The molecule has 2 amide bonds. The molecule has 3 aromatic rings. The van der Waals surface area contributed by atoms with E-state index in [4.69, 9.17) is 19.2 Å². The van der Waals surface area contributed by atoms with Gasteiger partial charge in [0.15, 0.2) is 0 Å². The highest BCUT2D eigenvalue weighted by Crippen LogP contribution is 2.52. The molecule has 2 aromatic carbocycles. The lowest BCUT2D eigenvalue weighted by Gasteiger charge is -2.50. The molecule has 6 rings (SSSR count). The third-order valence-electron chi connectivity index (χ3n) is 16.7. The van der Waals surface area contributed by atoms with E-state index in [9.17, 15) is 14.4 Å². The molecule has 12 nitrogen and oxygen atoms in total. The third-order valence-corrected chi connectivity index (χ3v) is 18.0. The molecule has 0 saturated heterocycles. The van der Waals surface area contributed by atoms with E-state index >= 15 is 9.59 Å². The van der Waals surface area contributed by atoms with Crippen LogP contribution in [0.2, 0.25) is 0 Å². The first-order chi connectivity index (χ1) is 37.5. The van der Waals surface area contributed by atoms with Crippen LogP contribution in [0, 0.1) is 62.6 Å². The number of amidine groups is 1. The average Bonchev–Trinajstić information content (AvgIpc) is 3.98. The van der Waals surface area contributed by atoms with Gasteiger partial charge in [0.05, 0.1) is 23.2 Å². The quantitative estimate of drug-likeness (QED) is 0.0581. The molecule has 1 aliphatic heterocycles. The maximum Gasteiger partial charge on any atom is 0.342 e. The van der Waals surface area contributed by atoms with Crippen molar-refractivity contribution in [3.05, 3.63) is 101 Å². The van der Waals surface area contributed by atoms with Gasteiger partial charge in [0.25, 0.3) is 0 Å². The van der Waals surface area contributed by atoms with Crippen LogP contribution in [-0.4, -0.2) is 70.4 Å². The predicted octanol–water partition coefficient (Wildman–Crippen LogP) is 15.6. The maximum atomic E-state index is 15.8. The molecule has 13 heteroatoms. The highest BCUT2D eigenvalue weighted by atomic mass is 32.2. The predicted molar refractivity (Wildman–Crippen MR) is 331 cm³/mol. The Morgan fingerprint density at radius 3 is 1.59 bits per heavy atom. The monoisotopic (exact) mass is 1130 g/mol. The standard InChI is InChI=1S/C68H96N4O8S/c1-39(2)60(74)78-32-27-33-81-42(5)59(73)71-57-53(61(75)79-55-45(64(6,7)8)34-40(3)35-46(55)65(9,10)11)51(43-28-23-21-24-29-43)49(69-57)38-50-52(44-30-25-22-26-31-44)54(58(70-50)72-63(77)68(18,19)20)62(76)80-56-47(66(12,13)14)36-41(4)37-48(56)67(15,16)17/h21-26,28-31,38,40-42,45-48,55-56,69H,1,27,32-37H2,2-20H3,(H,71,73)(H,70,72,77). The summed E-state index contributed by atoms with van der Waals surface area (Å²) in [5.41, 5.74) is 1.87. The van der Waals surface area contributed by atoms with E-state index in [1.807, 2.05) is 81.4 Å². The van der Waals surface area contributed by atoms with Crippen molar-refractivity contribution < 1.29 is 38.2 Å². The van der Waals surface area contributed by atoms with Crippen LogP contribution in [0.25, 0.3) is 22.8 Å². The smallest absolute Gasteiger partial charge is 0.342 e. The fourth-order valence-corrected chi connectivity index (χ4v) is 12.9. The molecule has 0 bridgehead atoms. The molecule has 1 aromatic heterocycles. The van der Waals surface area contributed by atoms with Gasteiger partial charge in [0.2, 0.25) is 11.8 Å². The van der Waals surface area contributed by atoms with E-state index in [0.717, 1.165) is 25.7 Å². The summed E-state index contributed by atoms with van der Waals surface area (Å²) in [6.07, 6.45) is 4.96. The number of nitrogens with zero attached hydrogens (tertiary/aromatic N) is 1. The Hall–Kier alpha value is -5.69. The van der Waals surface area contributed by atoms with Crippen LogP contribution >= 0.6 is 11.8 Å². The van der Waals surface area contributed by atoms with Crippen LogP contribution < -0.4 is 10.6 Å². The number of thioether (sulfide) groups is 1. The second kappa shape index (κ2) is 25.4. The number of rotatable bonds is 15. The number of ether oxygens (including phenoxy) is 3. The minimum absolute atomic E-state index is 0.0277. The first-order valence-corrected chi connectivity index (χ1v) is 30.4. The zero-order valence-corrected chi connectivity index (χ0v) is 53.1. The Labute approximate surface area is 489 Å². The van der Waals surface area contributed by atoms with Crippen molar-refractivity contribution in [3.8, 4) is 11.1 Å². The Kier molecular flexibility index (Phi) is 20.2. The minimum atomic E-state index is -0.866. The van der Waals surface area contributed by atoms with Crippen molar-refractivity contribution in [2.24, 2.45) is 67.6 Å². The molecular weight excluding hydrogens is 1030 g/mol. The first kappa shape index (κ1) is 64.5. The number of anilines is 1. The molecule has 0 spiro atoms. The number of allylic oxidation sites excluding steroid dienone is 1. The van der Waals surface area contributed by atoms with Gasteiger partial charge in [-0.1, -0.05) is 185 Å². The number of aromatic amines is 1. The van der Waals surface area contributed by atoms with Gasteiger partial charge >= 0.3 is 17.9 Å². The SMILES string of the molecule is C=C(C)C(=O)OCCCSC(C)C(=O)Nc1[nH]c(C=C2N=C(NC(=O)C(C)(C)C)C(C(=O)OC3C(C(C)(C)C)CC(C)CC3C(C)(C)C)=C2c2ccccc2)c(-c2ccccc2)c1C(=O)OC1C(C(C)(C)C)CC(C)CC1C(C)(C)C. The number of hydrogen-bond donors (Lipinski definition) is 3. The van der Waals surface area contributed by atoms with E-state index in [1.54, 1.807) is 19.9 Å². The summed E-state index contributed by atoms with van der Waals surface area (Å²) in [5.74, 6) is -0.659. The van der Waals surface area contributed by atoms with Gasteiger partial charge in [-0.3, -0.25) is 9.59 Å². The molecule has 2 saturated carbocycles. The topological polar surface area (TPSA) is 165 Å². The minimum Gasteiger partial charge on any atom is -0.462 e. The number of aliphatic imine (C=N–C) groups is 1. The molecule has 2 fully saturated rings. The van der Waals surface area contributed by atoms with Crippen molar-refractivity contribution in [2.75, 3.05) is 17.7 Å². The van der Waals surface area contributed by atoms with E-state index < -0.39 is 40.8 Å². The van der Waals surface area contributed by atoms with E-state index in [-0.39, 0.29) is 86.5 Å². The Balaban J connectivity index is 1.61. The molecule has 2 aliphatic carbocycles. The molecular formula is C68H96N4O8S. The van der Waals surface area contributed by atoms with Crippen molar-refractivity contribution in [1.29, 1.82) is 0 Å². The maximum absolute atomic E-state index is 15.8. The van der Waals surface area contributed by atoms with Gasteiger partial charge in [-0.05, 0) is 102 Å². The summed E-state index contributed by atoms with van der Waals surface area (Å²) in [6, 6.07) is 19.0. The van der Waals surface area contributed by atoms with Crippen LogP contribution in [0.5, 0.6) is 0 Å². The van der Waals surface area contributed by atoms with Crippen LogP contribution in [-0.2, 0) is 33.4 Å². The van der Waals surface area contributed by atoms with E-state index in [1.165, 1.54) is 11.8 Å². The van der Waals surface area contributed by atoms with Crippen molar-refractivity contribution in [3.63, 3.8) is 0 Å². The fraction of sp³-hybridized carbons (Fsp3) is 0.588. The number of hydrogen-bond acceptors (Lipinski definition) is 10. The summed E-state index contributed by atoms with van der Waals surface area (Å²) in [4.78, 5) is 81.0. The Morgan fingerprint density at radius 1 is 0.691 bits per heavy atom. The fourth-order valence-electron chi connectivity index (χ4n) is 12.0. The molecule has 5 unspecified atom stereocenters. The lowest BCUT2D eigenvalue weighted by atomic mass is 9.59. The van der Waals surface area contributed by atoms with Crippen LogP contribution in [0.1, 0.15) is 185 Å². The summed E-state index contributed by atoms with van der Waals surface area (Å²) in [7, 11) is 0. The average molecular weight is 1130 g/mol. The summed E-state index contributed by atoms with van der Waals surface area (Å²) < 4.78 is 19.3. The number of nitrogens with one attached hydrogen (secondary N) is 3. The highest BCUT2D eigenvalue weighted by molar-refractivity contribution is 8.00. The van der Waals surface area contributed by atoms with E-state index in [0.29, 0.717) is 63.2 Å². The zero-order valence-electron chi connectivity index (χ0n) is 52.3. The number of amides is 2. The first-order valence-electron chi connectivity index (χ1n) is 29.4. The number of carbonyl (C=O) groups excluding carboxylic acids is 5. The van der Waals surface area contributed by atoms with Gasteiger partial charge in [-0.2, -0.15) is 0 Å². The molecule has 81 heavy (non-hydrogen) atoms. The molecule has 0 radical (unpaired) electrons. The zero-order chi connectivity index (χ0) is 60.3. The van der Waals surface area contributed by atoms with Gasteiger partial charge in [-0.25, -0.2) is 19.4 Å². The number of benzene rings is 2. The van der Waals surface area contributed by atoms with Crippen LogP contribution in [0.4, 0.5) is 5.82 Å². The molecule has 3 aliphatic rings. The molecule has 442 valence electrons. The van der Waals surface area contributed by atoms with Crippen molar-refractivity contribution in [2.45, 2.75) is 181 Å². The second-order valence-corrected chi connectivity index (χ2v) is 30.3. The molecule has 5 atom stereocenters. The van der Waals surface area contributed by atoms with Crippen molar-refractivity contribution >= 4 is 64.8 Å². The summed E-state index contributed by atoms with van der Waals surface area (Å²) in [5, 5.41) is 5.60. The van der Waals surface area contributed by atoms with Crippen LogP contribution in [0.3, 0.4) is 0 Å². The largest absolute Gasteiger partial charge is 0.462 e. The lowest BCUT2D eigenvalue weighted by molar-refractivity contribution is -0.164. The van der Waals surface area contributed by atoms with Gasteiger partial charge in [0.1, 0.15) is 35.0 Å². The normalized spacial score (nSPS) is 23.8. The Bertz CT molecular complexity index is 2830. The summed E-state index contributed by atoms with van der Waals surface area (Å²) in [6.45, 7) is 43.8. The number of carbonyl (C=O) groups is 5. The number of esters is 3. The molecule has 2 heterocycles. The Morgan fingerprint density at radius 2 is 1.15 bits per heavy atom. The lowest BCUT2D eigenvalue weighted by Crippen LogP contribution is -2.50. The number of aromatic nitrogens is 1. The van der Waals surface area contributed by atoms with Crippen LogP contribution in [0.15, 0.2) is 89.1 Å². The third kappa shape index (κ3) is 15.9. The van der Waals surface area contributed by atoms with Crippen molar-refractivity contribution in [1.82, 2.24) is 10.3 Å². The number of H-pyrrole nitrogens is 1. The van der Waals surface area contributed by atoms with Gasteiger partial charge < -0.3 is 29.8 Å². The molecule has 3 N–H and O–H groups in total. The second-order valence-electron chi connectivity index (χ2n) is 28.9.